The highest BCUT2D eigenvalue weighted by molar-refractivity contribution is 6.31. The summed E-state index contributed by atoms with van der Waals surface area (Å²) in [5, 5.41) is -0.0624. The third-order valence-corrected chi connectivity index (χ3v) is 5.73. The first-order valence-electron chi connectivity index (χ1n) is 10.8. The lowest BCUT2D eigenvalue weighted by Gasteiger charge is -2.12. The van der Waals surface area contributed by atoms with E-state index in [2.05, 4.69) is 4.98 Å². The first kappa shape index (κ1) is 23.7. The van der Waals surface area contributed by atoms with Gasteiger partial charge in [-0.15, -0.1) is 0 Å². The van der Waals surface area contributed by atoms with Crippen LogP contribution in [0.2, 0.25) is 5.02 Å². The van der Waals surface area contributed by atoms with Crippen LogP contribution >= 0.6 is 11.6 Å². The summed E-state index contributed by atoms with van der Waals surface area (Å²) in [6.07, 6.45) is 2.23. The van der Waals surface area contributed by atoms with Crippen molar-refractivity contribution in [1.82, 2.24) is 4.98 Å². The summed E-state index contributed by atoms with van der Waals surface area (Å²) < 4.78 is 30.0. The molecule has 0 bridgehead atoms. The van der Waals surface area contributed by atoms with E-state index >= 15 is 0 Å². The third-order valence-electron chi connectivity index (χ3n) is 5.44. The van der Waals surface area contributed by atoms with Gasteiger partial charge in [-0.05, 0) is 61.4 Å². The van der Waals surface area contributed by atoms with Gasteiger partial charge in [0, 0.05) is 24.0 Å². The minimum atomic E-state index is -0.557. The van der Waals surface area contributed by atoms with Gasteiger partial charge < -0.3 is 14.2 Å². The van der Waals surface area contributed by atoms with Crippen LogP contribution in [0.3, 0.4) is 0 Å². The molecule has 0 saturated heterocycles. The van der Waals surface area contributed by atoms with Crippen LogP contribution in [-0.4, -0.2) is 36.9 Å². The van der Waals surface area contributed by atoms with Crippen molar-refractivity contribution >= 4 is 23.2 Å². The molecule has 0 aliphatic heterocycles. The minimum Gasteiger partial charge on any atom is -0.494 e. The molecular weight excluding hydrogens is 461 g/mol. The van der Waals surface area contributed by atoms with Gasteiger partial charge in [0.15, 0.2) is 23.1 Å². The van der Waals surface area contributed by atoms with Crippen LogP contribution in [0, 0.1) is 5.82 Å². The van der Waals surface area contributed by atoms with Crippen molar-refractivity contribution < 1.29 is 28.2 Å². The summed E-state index contributed by atoms with van der Waals surface area (Å²) in [4.78, 5) is 29.9. The second kappa shape index (κ2) is 10.2. The Balaban J connectivity index is 1.47. The average molecular weight is 484 g/mol. The summed E-state index contributed by atoms with van der Waals surface area (Å²) in [6.45, 7) is 0. The highest BCUT2D eigenvalue weighted by Crippen LogP contribution is 2.35. The molecule has 176 valence electrons. The topological polar surface area (TPSA) is 74.7 Å². The van der Waals surface area contributed by atoms with Crippen LogP contribution in [0.25, 0.3) is 11.3 Å². The number of benzene rings is 2. The minimum absolute atomic E-state index is 0.0102. The lowest BCUT2D eigenvalue weighted by atomic mass is 10.0. The predicted octanol–water partition coefficient (Wildman–Crippen LogP) is 5.95. The molecule has 1 fully saturated rings. The standard InChI is InChI=1S/C26H23ClFNO5/c1-32-24-12-8-20(29-26(24)16-3-7-19(28)18(27)13-16)22(31)10-9-21(30)15-4-11-23(25(14-15)33-2)34-17-5-6-17/h3-4,7-8,11-14,17H,5-6,9-10H2,1-2H3. The number of carbonyl (C=O) groups excluding carboxylic acids is 2. The molecule has 0 spiro atoms. The molecule has 6 nitrogen and oxygen atoms in total. The average Bonchev–Trinajstić information content (AvgIpc) is 3.68. The van der Waals surface area contributed by atoms with E-state index in [1.54, 1.807) is 24.3 Å². The van der Waals surface area contributed by atoms with Crippen LogP contribution in [0.5, 0.6) is 17.2 Å². The molecule has 1 aliphatic carbocycles. The number of rotatable bonds is 10. The van der Waals surface area contributed by atoms with Gasteiger partial charge >= 0.3 is 0 Å². The molecule has 0 radical (unpaired) electrons. The maximum absolute atomic E-state index is 13.6. The maximum Gasteiger partial charge on any atom is 0.181 e. The lowest BCUT2D eigenvalue weighted by Crippen LogP contribution is -2.08. The number of Topliss-reactive ketones (excluding diaryl/α,β-unsaturated/α-hetero) is 2. The second-order valence-corrected chi connectivity index (χ2v) is 8.31. The fraction of sp³-hybridized carbons (Fsp3) is 0.269. The Kier molecular flexibility index (Phi) is 7.12. The molecule has 8 heteroatoms. The van der Waals surface area contributed by atoms with E-state index in [4.69, 9.17) is 25.8 Å². The molecule has 34 heavy (non-hydrogen) atoms. The Morgan fingerprint density at radius 2 is 1.65 bits per heavy atom. The van der Waals surface area contributed by atoms with Crippen molar-refractivity contribution in [2.45, 2.75) is 31.8 Å². The number of carbonyl (C=O) groups is 2. The molecule has 0 atom stereocenters. The van der Waals surface area contributed by atoms with E-state index in [9.17, 15) is 14.0 Å². The molecule has 0 unspecified atom stereocenters. The highest BCUT2D eigenvalue weighted by Gasteiger charge is 2.25. The third kappa shape index (κ3) is 5.37. The summed E-state index contributed by atoms with van der Waals surface area (Å²) in [6, 6.07) is 12.3. The summed E-state index contributed by atoms with van der Waals surface area (Å²) in [7, 11) is 3.00. The molecule has 0 N–H and O–H groups in total. The van der Waals surface area contributed by atoms with Crippen molar-refractivity contribution in [3.8, 4) is 28.5 Å². The molecule has 4 rings (SSSR count). The van der Waals surface area contributed by atoms with Gasteiger partial charge in [0.25, 0.3) is 0 Å². The van der Waals surface area contributed by atoms with E-state index in [1.807, 2.05) is 0 Å². The highest BCUT2D eigenvalue weighted by atomic mass is 35.5. The number of methoxy groups -OCH3 is 2. The fourth-order valence-electron chi connectivity index (χ4n) is 3.42. The molecule has 3 aromatic rings. The Bertz CT molecular complexity index is 1240. The Morgan fingerprint density at radius 1 is 0.941 bits per heavy atom. The number of hydrogen-bond donors (Lipinski definition) is 0. The Hall–Kier alpha value is -3.45. The number of nitrogens with zero attached hydrogens (tertiary/aromatic N) is 1. The van der Waals surface area contributed by atoms with Crippen molar-refractivity contribution in [3.63, 3.8) is 0 Å². The zero-order valence-electron chi connectivity index (χ0n) is 18.8. The van der Waals surface area contributed by atoms with Crippen molar-refractivity contribution in [2.75, 3.05) is 14.2 Å². The molecule has 0 amide bonds. The van der Waals surface area contributed by atoms with Gasteiger partial charge in [-0.3, -0.25) is 9.59 Å². The quantitative estimate of drug-likeness (QED) is 0.332. The van der Waals surface area contributed by atoms with Crippen molar-refractivity contribution in [1.29, 1.82) is 0 Å². The number of ether oxygens (including phenoxy) is 3. The monoisotopic (exact) mass is 483 g/mol. The molecule has 1 aliphatic rings. The van der Waals surface area contributed by atoms with Gasteiger partial charge in [0.1, 0.15) is 23.0 Å². The first-order valence-corrected chi connectivity index (χ1v) is 11.2. The van der Waals surface area contributed by atoms with Crippen LogP contribution in [0.15, 0.2) is 48.5 Å². The van der Waals surface area contributed by atoms with Gasteiger partial charge in [-0.25, -0.2) is 9.37 Å². The number of aromatic nitrogens is 1. The Labute approximate surface area is 201 Å². The Morgan fingerprint density at radius 3 is 2.32 bits per heavy atom. The van der Waals surface area contributed by atoms with E-state index in [0.29, 0.717) is 34.1 Å². The van der Waals surface area contributed by atoms with Crippen LogP contribution in [0.1, 0.15) is 46.5 Å². The zero-order valence-corrected chi connectivity index (χ0v) is 19.5. The second-order valence-electron chi connectivity index (χ2n) is 7.91. The number of pyridine rings is 1. The van der Waals surface area contributed by atoms with Crippen molar-refractivity contribution in [3.05, 3.63) is 70.6 Å². The predicted molar refractivity (Wildman–Crippen MR) is 126 cm³/mol. The fourth-order valence-corrected chi connectivity index (χ4v) is 3.60. The molecule has 2 aromatic carbocycles. The SMILES string of the molecule is COc1cc(C(=O)CCC(=O)c2ccc(OC)c(-c3ccc(F)c(Cl)c3)n2)ccc1OC1CC1. The maximum atomic E-state index is 13.6. The van der Waals surface area contributed by atoms with Crippen LogP contribution in [-0.2, 0) is 0 Å². The van der Waals surface area contributed by atoms with Crippen LogP contribution < -0.4 is 14.2 Å². The van der Waals surface area contributed by atoms with E-state index in [1.165, 1.54) is 38.5 Å². The largest absolute Gasteiger partial charge is 0.494 e. The normalized spacial score (nSPS) is 12.8. The number of halogens is 2. The van der Waals surface area contributed by atoms with E-state index in [0.717, 1.165) is 12.8 Å². The summed E-state index contributed by atoms with van der Waals surface area (Å²) in [5.41, 5.74) is 1.49. The number of ketones is 2. The summed E-state index contributed by atoms with van der Waals surface area (Å²) in [5.74, 6) is 0.460. The molecule has 1 saturated carbocycles. The van der Waals surface area contributed by atoms with Gasteiger partial charge in [0.05, 0.1) is 25.3 Å². The molecule has 1 heterocycles. The molecular formula is C26H23ClFNO5. The van der Waals surface area contributed by atoms with Gasteiger partial charge in [-0.1, -0.05) is 11.6 Å². The first-order chi connectivity index (χ1) is 16.4. The van der Waals surface area contributed by atoms with Crippen LogP contribution in [0.4, 0.5) is 4.39 Å². The van der Waals surface area contributed by atoms with Gasteiger partial charge in [-0.2, -0.15) is 0 Å². The van der Waals surface area contributed by atoms with Crippen molar-refractivity contribution in [2.24, 2.45) is 0 Å². The van der Waals surface area contributed by atoms with E-state index in [-0.39, 0.29) is 41.2 Å². The zero-order chi connectivity index (χ0) is 24.2. The summed E-state index contributed by atoms with van der Waals surface area (Å²) >= 11 is 5.90. The van der Waals surface area contributed by atoms with E-state index < -0.39 is 5.82 Å². The van der Waals surface area contributed by atoms with Gasteiger partial charge in [0.2, 0.25) is 0 Å². The smallest absolute Gasteiger partial charge is 0.181 e. The number of hydrogen-bond acceptors (Lipinski definition) is 6. The molecule has 1 aromatic heterocycles. The lowest BCUT2D eigenvalue weighted by molar-refractivity contribution is 0.0915.